The summed E-state index contributed by atoms with van der Waals surface area (Å²) in [4.78, 5) is 13.1. The lowest BCUT2D eigenvalue weighted by molar-refractivity contribution is -0.529. The topological polar surface area (TPSA) is 92.6 Å². The molecule has 2 aromatic carbocycles. The Labute approximate surface area is 190 Å². The molecule has 0 aliphatic carbocycles. The minimum Gasteiger partial charge on any atom is -0.454 e. The maximum Gasteiger partial charge on any atom is 0.269 e. The normalized spacial score (nSPS) is 19.0. The van der Waals surface area contributed by atoms with E-state index < -0.39 is 4.92 Å². The molecular weight excluding hydrogens is 422 g/mol. The minimum absolute atomic E-state index is 0.0475. The quantitative estimate of drug-likeness (QED) is 0.409. The van der Waals surface area contributed by atoms with Crippen LogP contribution in [0.15, 0.2) is 46.6 Å². The number of fused-ring (bicyclic) bond motifs is 2. The van der Waals surface area contributed by atoms with E-state index in [-0.39, 0.29) is 12.5 Å². The molecule has 0 saturated carbocycles. The second-order valence-electron chi connectivity index (χ2n) is 8.74. The maximum absolute atomic E-state index is 11.1. The highest BCUT2D eigenvalue weighted by atomic mass is 16.7. The van der Waals surface area contributed by atoms with E-state index in [0.717, 1.165) is 67.2 Å². The fourth-order valence-corrected chi connectivity index (χ4v) is 5.11. The second kappa shape index (κ2) is 7.99. The summed E-state index contributed by atoms with van der Waals surface area (Å²) in [6.45, 7) is 4.28. The predicted molar refractivity (Wildman–Crippen MR) is 123 cm³/mol. The van der Waals surface area contributed by atoms with E-state index in [2.05, 4.69) is 19.7 Å². The number of nitro groups is 1. The summed E-state index contributed by atoms with van der Waals surface area (Å²) in [6.07, 6.45) is 4.16. The molecule has 4 aliphatic rings. The van der Waals surface area contributed by atoms with Gasteiger partial charge in [0.05, 0.1) is 36.7 Å². The zero-order valence-corrected chi connectivity index (χ0v) is 18.2. The molecule has 0 aromatic heterocycles. The number of nitrogens with zero attached hydrogens (tertiary/aromatic N) is 5. The lowest BCUT2D eigenvalue weighted by Crippen LogP contribution is -2.44. The van der Waals surface area contributed by atoms with Crippen molar-refractivity contribution in [3.8, 4) is 11.5 Å². The van der Waals surface area contributed by atoms with Crippen LogP contribution in [-0.4, -0.2) is 64.6 Å². The molecular formula is C24H24N5O4+. The van der Waals surface area contributed by atoms with Crippen LogP contribution in [0.25, 0.3) is 0 Å². The Kier molecular flexibility index (Phi) is 4.82. The van der Waals surface area contributed by atoms with Gasteiger partial charge in [0.1, 0.15) is 12.3 Å². The zero-order valence-electron chi connectivity index (χ0n) is 18.2. The molecule has 33 heavy (non-hydrogen) atoms. The first-order chi connectivity index (χ1) is 16.2. The molecule has 4 aliphatic heterocycles. The third kappa shape index (κ3) is 3.63. The summed E-state index contributed by atoms with van der Waals surface area (Å²) < 4.78 is 13.7. The smallest absolute Gasteiger partial charge is 0.269 e. The van der Waals surface area contributed by atoms with Gasteiger partial charge in [0.15, 0.2) is 11.5 Å². The molecule has 168 valence electrons. The number of ether oxygens (including phenoxy) is 2. The Balaban J connectivity index is 1.39. The molecule has 4 heterocycles. The SMILES string of the molecule is O=[N+]([O-])c1ccc(C2=NN=C(CN3CCC[N+]4=C3CCC4)Cc3cc4c(cc32)OCO4)cc1. The lowest BCUT2D eigenvalue weighted by atomic mass is 9.94. The second-order valence-corrected chi connectivity index (χ2v) is 8.74. The largest absolute Gasteiger partial charge is 0.454 e. The number of benzene rings is 2. The number of hydrogen-bond donors (Lipinski definition) is 0. The van der Waals surface area contributed by atoms with Gasteiger partial charge in [0, 0.05) is 36.1 Å². The van der Waals surface area contributed by atoms with Crippen molar-refractivity contribution < 1.29 is 19.0 Å². The molecule has 0 unspecified atom stereocenters. The number of nitro benzene ring substituents is 1. The van der Waals surface area contributed by atoms with Crippen molar-refractivity contribution in [2.45, 2.75) is 25.7 Å². The van der Waals surface area contributed by atoms with Crippen LogP contribution in [0.4, 0.5) is 5.69 Å². The van der Waals surface area contributed by atoms with Gasteiger partial charge in [-0.1, -0.05) is 0 Å². The van der Waals surface area contributed by atoms with Gasteiger partial charge in [-0.15, -0.1) is 5.10 Å². The van der Waals surface area contributed by atoms with Crippen LogP contribution >= 0.6 is 0 Å². The van der Waals surface area contributed by atoms with E-state index in [0.29, 0.717) is 17.9 Å². The number of hydrogen-bond acceptors (Lipinski definition) is 7. The molecule has 0 bridgehead atoms. The van der Waals surface area contributed by atoms with Crippen LogP contribution in [-0.2, 0) is 6.42 Å². The van der Waals surface area contributed by atoms with Gasteiger partial charge in [0.25, 0.3) is 5.69 Å². The molecule has 6 rings (SSSR count). The molecule has 0 amide bonds. The minimum atomic E-state index is -0.399. The summed E-state index contributed by atoms with van der Waals surface area (Å²) in [5.74, 6) is 2.84. The van der Waals surface area contributed by atoms with Crippen LogP contribution in [0.1, 0.15) is 36.0 Å². The highest BCUT2D eigenvalue weighted by molar-refractivity contribution is 6.15. The van der Waals surface area contributed by atoms with Gasteiger partial charge in [-0.3, -0.25) is 19.6 Å². The van der Waals surface area contributed by atoms with Gasteiger partial charge < -0.3 is 9.47 Å². The Bertz CT molecular complexity index is 1230. The first-order valence-electron chi connectivity index (χ1n) is 11.3. The third-order valence-electron chi connectivity index (χ3n) is 6.68. The van der Waals surface area contributed by atoms with E-state index in [9.17, 15) is 10.1 Å². The van der Waals surface area contributed by atoms with Gasteiger partial charge in [-0.2, -0.15) is 5.10 Å². The fourth-order valence-electron chi connectivity index (χ4n) is 5.11. The van der Waals surface area contributed by atoms with Crippen LogP contribution < -0.4 is 9.47 Å². The maximum atomic E-state index is 11.1. The summed E-state index contributed by atoms with van der Waals surface area (Å²) >= 11 is 0. The van der Waals surface area contributed by atoms with Crippen LogP contribution in [0.5, 0.6) is 11.5 Å². The van der Waals surface area contributed by atoms with Crippen molar-refractivity contribution in [3.63, 3.8) is 0 Å². The molecule has 0 atom stereocenters. The molecule has 0 radical (unpaired) electrons. The highest BCUT2D eigenvalue weighted by Gasteiger charge is 2.33. The Morgan fingerprint density at radius 1 is 1.06 bits per heavy atom. The average Bonchev–Trinajstić information content (AvgIpc) is 3.45. The molecule has 0 spiro atoms. The van der Waals surface area contributed by atoms with Gasteiger partial charge >= 0.3 is 0 Å². The summed E-state index contributed by atoms with van der Waals surface area (Å²) in [7, 11) is 0. The Morgan fingerprint density at radius 3 is 2.67 bits per heavy atom. The first kappa shape index (κ1) is 19.9. The van der Waals surface area contributed by atoms with Crippen molar-refractivity contribution in [1.82, 2.24) is 4.90 Å². The van der Waals surface area contributed by atoms with E-state index in [1.165, 1.54) is 24.4 Å². The molecule has 2 aromatic rings. The summed E-state index contributed by atoms with van der Waals surface area (Å²) in [5.41, 5.74) is 4.49. The fraction of sp³-hybridized carbons (Fsp3) is 0.375. The van der Waals surface area contributed by atoms with E-state index in [1.54, 1.807) is 12.1 Å². The Hall–Kier alpha value is -3.75. The number of rotatable bonds is 4. The van der Waals surface area contributed by atoms with Crippen LogP contribution in [0.3, 0.4) is 0 Å². The average molecular weight is 446 g/mol. The summed E-state index contributed by atoms with van der Waals surface area (Å²) in [6, 6.07) is 10.4. The number of amidine groups is 1. The van der Waals surface area contributed by atoms with Gasteiger partial charge in [0.2, 0.25) is 12.6 Å². The lowest BCUT2D eigenvalue weighted by Gasteiger charge is -2.24. The van der Waals surface area contributed by atoms with E-state index in [1.807, 2.05) is 12.1 Å². The molecule has 0 saturated heterocycles. The molecule has 0 N–H and O–H groups in total. The van der Waals surface area contributed by atoms with E-state index in [4.69, 9.17) is 9.47 Å². The van der Waals surface area contributed by atoms with Crippen LogP contribution in [0, 0.1) is 10.1 Å². The van der Waals surface area contributed by atoms with Gasteiger partial charge in [-0.25, -0.2) is 0 Å². The van der Waals surface area contributed by atoms with Crippen LogP contribution in [0.2, 0.25) is 0 Å². The summed E-state index contributed by atoms with van der Waals surface area (Å²) in [5, 5.41) is 20.4. The van der Waals surface area contributed by atoms with Crippen molar-refractivity contribution in [1.29, 1.82) is 0 Å². The van der Waals surface area contributed by atoms with Crippen molar-refractivity contribution in [2.24, 2.45) is 10.2 Å². The molecule has 9 heteroatoms. The monoisotopic (exact) mass is 446 g/mol. The first-order valence-corrected chi connectivity index (χ1v) is 11.3. The van der Waals surface area contributed by atoms with Crippen molar-refractivity contribution >= 4 is 22.9 Å². The zero-order chi connectivity index (χ0) is 22.4. The third-order valence-corrected chi connectivity index (χ3v) is 6.68. The standard InChI is InChI=1S/C24H24N5O4/c30-29(31)19-6-4-16(5-7-19)24-20-13-22-21(32-15-33-22)12-17(20)11-18(25-26-24)14-28-10-2-9-27-8-1-3-23(27)28/h4-7,12-13H,1-3,8-11,14-15H2/q+1. The van der Waals surface area contributed by atoms with E-state index >= 15 is 0 Å². The van der Waals surface area contributed by atoms with Gasteiger partial charge in [-0.05, 0) is 36.2 Å². The Morgan fingerprint density at radius 2 is 1.85 bits per heavy atom. The van der Waals surface area contributed by atoms with Crippen molar-refractivity contribution in [2.75, 3.05) is 33.0 Å². The molecule has 9 nitrogen and oxygen atoms in total. The molecule has 0 fully saturated rings. The highest BCUT2D eigenvalue weighted by Crippen LogP contribution is 2.37. The number of non-ortho nitro benzene ring substituents is 1. The van der Waals surface area contributed by atoms with Crippen molar-refractivity contribution in [3.05, 3.63) is 63.2 Å². The predicted octanol–water partition coefficient (Wildman–Crippen LogP) is 2.98.